The van der Waals surface area contributed by atoms with E-state index in [0.29, 0.717) is 18.5 Å². The van der Waals surface area contributed by atoms with Crippen molar-refractivity contribution in [2.45, 2.75) is 25.6 Å². The second-order valence-corrected chi connectivity index (χ2v) is 4.81. The lowest BCUT2D eigenvalue weighted by atomic mass is 10.0. The van der Waals surface area contributed by atoms with Gasteiger partial charge in [0.1, 0.15) is 6.10 Å². The zero-order chi connectivity index (χ0) is 15.3. The molecule has 0 heterocycles. The predicted molar refractivity (Wildman–Crippen MR) is 69.1 cm³/mol. The van der Waals surface area contributed by atoms with Gasteiger partial charge >= 0.3 is 12.1 Å². The van der Waals surface area contributed by atoms with E-state index >= 15 is 0 Å². The van der Waals surface area contributed by atoms with Crippen LogP contribution < -0.4 is 0 Å². The van der Waals surface area contributed by atoms with Gasteiger partial charge in [0, 0.05) is 19.9 Å². The Balaban J connectivity index is 2.87. The molecule has 1 aromatic carbocycles. The Bertz CT molecular complexity index is 441. The molecule has 6 heteroatoms. The van der Waals surface area contributed by atoms with Crippen LogP contribution in [0.5, 0.6) is 0 Å². The van der Waals surface area contributed by atoms with Gasteiger partial charge in [-0.2, -0.15) is 13.2 Å². The van der Waals surface area contributed by atoms with Crippen molar-refractivity contribution in [3.05, 3.63) is 35.4 Å². The fourth-order valence-electron chi connectivity index (χ4n) is 1.76. The molecule has 0 fully saturated rings. The molecular weight excluding hydrogens is 271 g/mol. The monoisotopic (exact) mass is 289 g/mol. The van der Waals surface area contributed by atoms with Crippen molar-refractivity contribution in [1.82, 2.24) is 4.90 Å². The molecule has 0 spiro atoms. The Morgan fingerprint density at radius 2 is 1.80 bits per heavy atom. The number of halogens is 3. The van der Waals surface area contributed by atoms with Gasteiger partial charge in [0.2, 0.25) is 0 Å². The summed E-state index contributed by atoms with van der Waals surface area (Å²) in [6, 6.07) is 4.71. The molecule has 0 aliphatic carbocycles. The van der Waals surface area contributed by atoms with Crippen LogP contribution in [-0.4, -0.2) is 31.5 Å². The van der Waals surface area contributed by atoms with Gasteiger partial charge in [-0.05, 0) is 31.8 Å². The van der Waals surface area contributed by atoms with Gasteiger partial charge in [-0.3, -0.25) is 4.79 Å². The van der Waals surface area contributed by atoms with Gasteiger partial charge in [0.25, 0.3) is 0 Å². The average molecular weight is 289 g/mol. The van der Waals surface area contributed by atoms with Crippen molar-refractivity contribution in [2.24, 2.45) is 0 Å². The van der Waals surface area contributed by atoms with Crippen molar-refractivity contribution >= 4 is 5.97 Å². The number of alkyl halides is 3. The van der Waals surface area contributed by atoms with Gasteiger partial charge in [-0.25, -0.2) is 0 Å². The van der Waals surface area contributed by atoms with Crippen LogP contribution in [0.2, 0.25) is 0 Å². The highest BCUT2D eigenvalue weighted by molar-refractivity contribution is 5.66. The number of nitrogens with zero attached hydrogens (tertiary/aromatic N) is 1. The Morgan fingerprint density at radius 1 is 1.25 bits per heavy atom. The van der Waals surface area contributed by atoms with E-state index in [0.717, 1.165) is 12.1 Å². The lowest BCUT2D eigenvalue weighted by Crippen LogP contribution is -2.18. The molecule has 112 valence electrons. The Kier molecular flexibility index (Phi) is 5.56. The molecule has 3 nitrogen and oxygen atoms in total. The van der Waals surface area contributed by atoms with Crippen LogP contribution in [0.3, 0.4) is 0 Å². The normalized spacial score (nSPS) is 13.3. The number of carbonyl (C=O) groups is 1. The molecule has 1 aromatic rings. The topological polar surface area (TPSA) is 29.5 Å². The zero-order valence-corrected chi connectivity index (χ0v) is 11.7. The molecule has 0 saturated heterocycles. The van der Waals surface area contributed by atoms with Gasteiger partial charge in [-0.1, -0.05) is 12.1 Å². The van der Waals surface area contributed by atoms with Gasteiger partial charge < -0.3 is 9.64 Å². The van der Waals surface area contributed by atoms with E-state index in [1.807, 2.05) is 19.0 Å². The first kappa shape index (κ1) is 16.5. The molecule has 0 N–H and O–H groups in total. The summed E-state index contributed by atoms with van der Waals surface area (Å²) in [6.45, 7) is 1.95. The summed E-state index contributed by atoms with van der Waals surface area (Å²) in [5.74, 6) is -0.450. The number of benzene rings is 1. The molecule has 0 saturated carbocycles. The summed E-state index contributed by atoms with van der Waals surface area (Å²) in [4.78, 5) is 13.0. The Labute approximate surface area is 116 Å². The molecule has 1 rings (SSSR count). The second kappa shape index (κ2) is 6.74. The summed E-state index contributed by atoms with van der Waals surface area (Å²) in [6.07, 6.45) is -4.37. The molecule has 1 atom stereocenters. The molecule has 0 bridgehead atoms. The molecule has 1 unspecified atom stereocenters. The molecule has 0 radical (unpaired) electrons. The highest BCUT2D eigenvalue weighted by Gasteiger charge is 2.30. The maximum atomic E-state index is 12.5. The Morgan fingerprint density at radius 3 is 2.20 bits per heavy atom. The van der Waals surface area contributed by atoms with Crippen LogP contribution in [-0.2, 0) is 15.7 Å². The molecular formula is C14H18F3NO2. The highest BCUT2D eigenvalue weighted by Crippen LogP contribution is 2.31. The van der Waals surface area contributed by atoms with Crippen LogP contribution in [0.4, 0.5) is 13.2 Å². The van der Waals surface area contributed by atoms with Crippen LogP contribution in [0.15, 0.2) is 24.3 Å². The van der Waals surface area contributed by atoms with E-state index in [-0.39, 0.29) is 0 Å². The average Bonchev–Trinajstić information content (AvgIpc) is 2.33. The third-order valence-electron chi connectivity index (χ3n) is 2.76. The highest BCUT2D eigenvalue weighted by atomic mass is 19.4. The third-order valence-corrected chi connectivity index (χ3v) is 2.76. The van der Waals surface area contributed by atoms with E-state index in [4.69, 9.17) is 4.74 Å². The van der Waals surface area contributed by atoms with Crippen molar-refractivity contribution in [3.63, 3.8) is 0 Å². The lowest BCUT2D eigenvalue weighted by Gasteiger charge is -2.20. The van der Waals surface area contributed by atoms with Crippen molar-refractivity contribution in [2.75, 3.05) is 20.6 Å². The predicted octanol–water partition coefficient (Wildman–Crippen LogP) is 3.26. The summed E-state index contributed by atoms with van der Waals surface area (Å²) in [7, 11) is 3.75. The van der Waals surface area contributed by atoms with Crippen LogP contribution in [0, 0.1) is 0 Å². The van der Waals surface area contributed by atoms with Crippen molar-refractivity contribution in [1.29, 1.82) is 0 Å². The quantitative estimate of drug-likeness (QED) is 0.779. The first-order valence-corrected chi connectivity index (χ1v) is 6.19. The van der Waals surface area contributed by atoms with Crippen LogP contribution in [0.25, 0.3) is 0 Å². The largest absolute Gasteiger partial charge is 0.458 e. The number of rotatable bonds is 5. The molecule has 0 amide bonds. The van der Waals surface area contributed by atoms with Crippen LogP contribution >= 0.6 is 0 Å². The van der Waals surface area contributed by atoms with E-state index in [1.165, 1.54) is 19.1 Å². The minimum atomic E-state index is -4.36. The number of carbonyl (C=O) groups excluding carboxylic acids is 1. The molecule has 0 aromatic heterocycles. The lowest BCUT2D eigenvalue weighted by molar-refractivity contribution is -0.147. The summed E-state index contributed by atoms with van der Waals surface area (Å²) < 4.78 is 42.6. The zero-order valence-electron chi connectivity index (χ0n) is 11.7. The third kappa shape index (κ3) is 5.21. The van der Waals surface area contributed by atoms with Gasteiger partial charge in [0.15, 0.2) is 0 Å². The number of hydrogen-bond donors (Lipinski definition) is 0. The van der Waals surface area contributed by atoms with Gasteiger partial charge in [0.05, 0.1) is 5.56 Å². The minimum Gasteiger partial charge on any atom is -0.458 e. The number of hydrogen-bond acceptors (Lipinski definition) is 3. The number of ether oxygens (including phenoxy) is 1. The molecule has 0 aliphatic heterocycles. The second-order valence-electron chi connectivity index (χ2n) is 4.81. The molecule has 0 aliphatic rings. The van der Waals surface area contributed by atoms with Crippen molar-refractivity contribution < 1.29 is 22.7 Å². The van der Waals surface area contributed by atoms with E-state index in [2.05, 4.69) is 0 Å². The summed E-state index contributed by atoms with van der Waals surface area (Å²) in [5.41, 5.74) is -0.148. The smallest absolute Gasteiger partial charge is 0.416 e. The van der Waals surface area contributed by atoms with Crippen LogP contribution in [0.1, 0.15) is 30.6 Å². The fourth-order valence-corrected chi connectivity index (χ4v) is 1.76. The summed E-state index contributed by atoms with van der Waals surface area (Å²) >= 11 is 0. The minimum absolute atomic E-state index is 0.450. The Hall–Kier alpha value is -1.56. The first-order chi connectivity index (χ1) is 9.20. The fraction of sp³-hybridized carbons (Fsp3) is 0.500. The first-order valence-electron chi connectivity index (χ1n) is 6.19. The van der Waals surface area contributed by atoms with E-state index in [9.17, 15) is 18.0 Å². The molecule has 20 heavy (non-hydrogen) atoms. The standard InChI is InChI=1S/C14H18F3NO2/c1-10(19)20-13(8-9-18(2)3)11-4-6-12(7-5-11)14(15,16)17/h4-7,13H,8-9H2,1-3H3. The van der Waals surface area contributed by atoms with E-state index in [1.54, 1.807) is 0 Å². The van der Waals surface area contributed by atoms with E-state index < -0.39 is 23.8 Å². The van der Waals surface area contributed by atoms with Gasteiger partial charge in [-0.15, -0.1) is 0 Å². The maximum absolute atomic E-state index is 12.5. The SMILES string of the molecule is CC(=O)OC(CCN(C)C)c1ccc(C(F)(F)F)cc1. The van der Waals surface area contributed by atoms with Crippen molar-refractivity contribution in [3.8, 4) is 0 Å². The summed E-state index contributed by atoms with van der Waals surface area (Å²) in [5, 5.41) is 0. The number of esters is 1. The maximum Gasteiger partial charge on any atom is 0.416 e.